The molecule has 1 aliphatic heterocycles. The van der Waals surface area contributed by atoms with Gasteiger partial charge in [0.05, 0.1) is 25.0 Å². The highest BCUT2D eigenvalue weighted by Gasteiger charge is 2.19. The van der Waals surface area contributed by atoms with Gasteiger partial charge in [0, 0.05) is 42.2 Å². The summed E-state index contributed by atoms with van der Waals surface area (Å²) in [7, 11) is 1.68. The van der Waals surface area contributed by atoms with Gasteiger partial charge in [-0.3, -0.25) is 4.90 Å². The normalized spacial score (nSPS) is 14.2. The first kappa shape index (κ1) is 17.5. The van der Waals surface area contributed by atoms with Gasteiger partial charge in [0.2, 0.25) is 0 Å². The molecule has 0 N–H and O–H groups in total. The summed E-state index contributed by atoms with van der Waals surface area (Å²) in [6.07, 6.45) is 4.97. The number of rotatable bonds is 5. The third-order valence-corrected chi connectivity index (χ3v) is 5.87. The zero-order valence-electron chi connectivity index (χ0n) is 14.8. The Kier molecular flexibility index (Phi) is 5.19. The summed E-state index contributed by atoms with van der Waals surface area (Å²) in [5, 5.41) is 4.13. The highest BCUT2D eigenvalue weighted by atomic mass is 32.2. The Balaban J connectivity index is 1.44. The molecule has 0 radical (unpaired) electrons. The topological polar surface area (TPSA) is 51.1 Å². The second-order valence-electron chi connectivity index (χ2n) is 6.14. The SMILES string of the molecule is COc1ccc(-c2csc(CN3CCc4nc(SC)ncc4C3)n2)cc1. The Labute approximate surface area is 161 Å². The lowest BCUT2D eigenvalue weighted by Crippen LogP contribution is -2.30. The molecule has 4 rings (SSSR count). The zero-order chi connectivity index (χ0) is 17.9. The lowest BCUT2D eigenvalue weighted by Gasteiger charge is -2.27. The van der Waals surface area contributed by atoms with E-state index >= 15 is 0 Å². The van der Waals surface area contributed by atoms with Gasteiger partial charge < -0.3 is 4.74 Å². The lowest BCUT2D eigenvalue weighted by molar-refractivity contribution is 0.242. The van der Waals surface area contributed by atoms with Crippen LogP contribution in [0.25, 0.3) is 11.3 Å². The van der Waals surface area contributed by atoms with E-state index in [1.165, 1.54) is 11.3 Å². The molecule has 0 unspecified atom stereocenters. The van der Waals surface area contributed by atoms with Crippen LogP contribution in [0, 0.1) is 0 Å². The molecule has 0 aliphatic carbocycles. The van der Waals surface area contributed by atoms with Crippen molar-refractivity contribution in [3.63, 3.8) is 0 Å². The average Bonchev–Trinajstić information content (AvgIpc) is 3.16. The highest BCUT2D eigenvalue weighted by molar-refractivity contribution is 7.98. The minimum Gasteiger partial charge on any atom is -0.497 e. The van der Waals surface area contributed by atoms with E-state index in [4.69, 9.17) is 9.72 Å². The summed E-state index contributed by atoms with van der Waals surface area (Å²) in [6, 6.07) is 8.04. The van der Waals surface area contributed by atoms with Crippen molar-refractivity contribution in [3.8, 4) is 17.0 Å². The zero-order valence-corrected chi connectivity index (χ0v) is 16.4. The number of ether oxygens (including phenoxy) is 1. The summed E-state index contributed by atoms with van der Waals surface area (Å²) in [5.41, 5.74) is 4.58. The average molecular weight is 385 g/mol. The predicted molar refractivity (Wildman–Crippen MR) is 106 cm³/mol. The maximum Gasteiger partial charge on any atom is 0.187 e. The monoisotopic (exact) mass is 384 g/mol. The number of methoxy groups -OCH3 is 1. The van der Waals surface area contributed by atoms with Crippen LogP contribution < -0.4 is 4.74 Å². The standard InChI is InChI=1S/C19H20N4OS2/c1-24-15-5-3-13(4-6-15)17-12-26-18(21-17)11-23-8-7-16-14(10-23)9-20-19(22-16)25-2/h3-6,9,12H,7-8,10-11H2,1-2H3. The van der Waals surface area contributed by atoms with Crippen LogP contribution in [0.3, 0.4) is 0 Å². The maximum absolute atomic E-state index is 5.22. The molecule has 0 atom stereocenters. The third kappa shape index (κ3) is 3.75. The van der Waals surface area contributed by atoms with Gasteiger partial charge in [-0.2, -0.15) is 0 Å². The first-order valence-electron chi connectivity index (χ1n) is 8.45. The van der Waals surface area contributed by atoms with Crippen molar-refractivity contribution in [1.82, 2.24) is 19.9 Å². The fourth-order valence-electron chi connectivity index (χ4n) is 3.06. The van der Waals surface area contributed by atoms with Gasteiger partial charge in [-0.25, -0.2) is 15.0 Å². The molecule has 1 aliphatic rings. The fraction of sp³-hybridized carbons (Fsp3) is 0.316. The first-order valence-corrected chi connectivity index (χ1v) is 10.6. The molecule has 0 saturated heterocycles. The van der Waals surface area contributed by atoms with Crippen LogP contribution in [0.2, 0.25) is 0 Å². The molecule has 0 saturated carbocycles. The van der Waals surface area contributed by atoms with Gasteiger partial charge >= 0.3 is 0 Å². The minimum atomic E-state index is 0.862. The Morgan fingerprint density at radius 2 is 2.08 bits per heavy atom. The molecule has 3 aromatic rings. The largest absolute Gasteiger partial charge is 0.497 e. The highest BCUT2D eigenvalue weighted by Crippen LogP contribution is 2.26. The van der Waals surface area contributed by atoms with Gasteiger partial charge in [0.15, 0.2) is 5.16 Å². The van der Waals surface area contributed by atoms with Crippen molar-refractivity contribution in [3.05, 3.63) is 52.1 Å². The molecule has 26 heavy (non-hydrogen) atoms. The van der Waals surface area contributed by atoms with Crippen LogP contribution in [0.4, 0.5) is 0 Å². The van der Waals surface area contributed by atoms with Crippen LogP contribution in [0.5, 0.6) is 5.75 Å². The van der Waals surface area contributed by atoms with Crippen LogP contribution in [0.15, 0.2) is 41.0 Å². The fourth-order valence-corrected chi connectivity index (χ4v) is 4.26. The third-order valence-electron chi connectivity index (χ3n) is 4.47. The Hall–Kier alpha value is -1.96. The molecule has 0 fully saturated rings. The van der Waals surface area contributed by atoms with E-state index in [0.29, 0.717) is 0 Å². The first-order chi connectivity index (χ1) is 12.7. The minimum absolute atomic E-state index is 0.862. The Morgan fingerprint density at radius 3 is 2.85 bits per heavy atom. The van der Waals surface area contributed by atoms with Crippen LogP contribution in [0.1, 0.15) is 16.3 Å². The van der Waals surface area contributed by atoms with E-state index in [0.717, 1.165) is 53.2 Å². The quantitative estimate of drug-likeness (QED) is 0.491. The van der Waals surface area contributed by atoms with Gasteiger partial charge in [0.1, 0.15) is 10.8 Å². The molecule has 7 heteroatoms. The van der Waals surface area contributed by atoms with Crippen molar-refractivity contribution >= 4 is 23.1 Å². The van der Waals surface area contributed by atoms with Crippen molar-refractivity contribution < 1.29 is 4.74 Å². The van der Waals surface area contributed by atoms with E-state index in [1.54, 1.807) is 30.2 Å². The van der Waals surface area contributed by atoms with Crippen LogP contribution in [-0.4, -0.2) is 39.8 Å². The Bertz CT molecular complexity index is 895. The van der Waals surface area contributed by atoms with Crippen LogP contribution in [-0.2, 0) is 19.5 Å². The van der Waals surface area contributed by atoms with E-state index in [1.807, 2.05) is 24.6 Å². The smallest absolute Gasteiger partial charge is 0.187 e. The summed E-state index contributed by atoms with van der Waals surface area (Å²) >= 11 is 3.31. The van der Waals surface area contributed by atoms with Crippen molar-refractivity contribution in [2.45, 2.75) is 24.7 Å². The second-order valence-corrected chi connectivity index (χ2v) is 7.86. The predicted octanol–water partition coefficient (Wildman–Crippen LogP) is 3.89. The van der Waals surface area contributed by atoms with Crippen LogP contribution >= 0.6 is 23.1 Å². The molecule has 2 aromatic heterocycles. The number of hydrogen-bond donors (Lipinski definition) is 0. The lowest BCUT2D eigenvalue weighted by atomic mass is 10.1. The van der Waals surface area contributed by atoms with E-state index < -0.39 is 0 Å². The second kappa shape index (κ2) is 7.73. The number of benzene rings is 1. The maximum atomic E-state index is 5.22. The molecule has 0 spiro atoms. The number of hydrogen-bond acceptors (Lipinski definition) is 7. The molecule has 134 valence electrons. The van der Waals surface area contributed by atoms with Gasteiger partial charge in [-0.05, 0) is 30.5 Å². The molecular formula is C19H20N4OS2. The summed E-state index contributed by atoms with van der Waals surface area (Å²) in [6.45, 7) is 2.77. The molecular weight excluding hydrogens is 364 g/mol. The Morgan fingerprint density at radius 1 is 1.23 bits per heavy atom. The van der Waals surface area contributed by atoms with Gasteiger partial charge in [-0.15, -0.1) is 11.3 Å². The number of thioether (sulfide) groups is 1. The molecule has 3 heterocycles. The van der Waals surface area contributed by atoms with Crippen molar-refractivity contribution in [2.75, 3.05) is 19.9 Å². The van der Waals surface area contributed by atoms with Crippen molar-refractivity contribution in [2.24, 2.45) is 0 Å². The molecule has 0 bridgehead atoms. The molecule has 0 amide bonds. The van der Waals surface area contributed by atoms with Gasteiger partial charge in [-0.1, -0.05) is 11.8 Å². The summed E-state index contributed by atoms with van der Waals surface area (Å²) in [5.74, 6) is 0.864. The number of thiazole rings is 1. The molecule has 1 aromatic carbocycles. The number of nitrogens with zero attached hydrogens (tertiary/aromatic N) is 4. The van der Waals surface area contributed by atoms with E-state index in [9.17, 15) is 0 Å². The molecule has 5 nitrogen and oxygen atoms in total. The van der Waals surface area contributed by atoms with Crippen molar-refractivity contribution in [1.29, 1.82) is 0 Å². The number of fused-ring (bicyclic) bond motifs is 1. The number of aromatic nitrogens is 3. The van der Waals surface area contributed by atoms with E-state index in [2.05, 4.69) is 32.4 Å². The van der Waals surface area contributed by atoms with E-state index in [-0.39, 0.29) is 0 Å². The summed E-state index contributed by atoms with van der Waals surface area (Å²) < 4.78 is 5.22. The van der Waals surface area contributed by atoms with Gasteiger partial charge in [0.25, 0.3) is 0 Å². The summed E-state index contributed by atoms with van der Waals surface area (Å²) in [4.78, 5) is 16.3.